The van der Waals surface area contributed by atoms with Crippen molar-refractivity contribution >= 4 is 17.4 Å². The van der Waals surface area contributed by atoms with Crippen molar-refractivity contribution in [2.45, 2.75) is 31.0 Å². The summed E-state index contributed by atoms with van der Waals surface area (Å²) in [5.74, 6) is 0. The van der Waals surface area contributed by atoms with Gasteiger partial charge in [-0.25, -0.2) is 4.79 Å². The van der Waals surface area contributed by atoms with Crippen molar-refractivity contribution in [2.75, 3.05) is 18.4 Å². The number of benzene rings is 2. The molecule has 1 spiro atoms. The first-order valence-electron chi connectivity index (χ1n) is 9.39. The molecule has 0 aromatic heterocycles. The van der Waals surface area contributed by atoms with Crippen molar-refractivity contribution in [3.8, 4) is 0 Å². The first-order valence-corrected chi connectivity index (χ1v) is 9.39. The Bertz CT molecular complexity index is 920. The Morgan fingerprint density at radius 3 is 2.38 bits per heavy atom. The second-order valence-corrected chi connectivity index (χ2v) is 7.32. The number of nitrogens with zero attached hydrogens (tertiary/aromatic N) is 2. The molecule has 2 amide bonds. The number of anilines is 1. The molecule has 1 saturated heterocycles. The Hall–Kier alpha value is -3.03. The Kier molecular flexibility index (Phi) is 4.94. The molecule has 8 heteroatoms. The van der Waals surface area contributed by atoms with Crippen molar-refractivity contribution < 1.29 is 22.8 Å². The fraction of sp³-hybridized carbons (Fsp3) is 0.333. The lowest BCUT2D eigenvalue weighted by Gasteiger charge is -2.37. The molecule has 0 unspecified atom stereocenters. The van der Waals surface area contributed by atoms with Gasteiger partial charge in [-0.3, -0.25) is 0 Å². The highest BCUT2D eigenvalue weighted by atomic mass is 19.4. The van der Waals surface area contributed by atoms with Crippen molar-refractivity contribution in [3.05, 3.63) is 65.7 Å². The van der Waals surface area contributed by atoms with Crippen molar-refractivity contribution in [2.24, 2.45) is 5.16 Å². The summed E-state index contributed by atoms with van der Waals surface area (Å²) in [6, 6.07) is 14.2. The second kappa shape index (κ2) is 7.42. The third kappa shape index (κ3) is 4.06. The Labute approximate surface area is 166 Å². The zero-order valence-corrected chi connectivity index (χ0v) is 15.6. The first-order chi connectivity index (χ1) is 13.9. The molecule has 2 aliphatic heterocycles. The van der Waals surface area contributed by atoms with E-state index in [1.807, 2.05) is 30.3 Å². The van der Waals surface area contributed by atoms with E-state index in [9.17, 15) is 18.0 Å². The van der Waals surface area contributed by atoms with Gasteiger partial charge in [-0.2, -0.15) is 13.2 Å². The average Bonchev–Trinajstić information content (AvgIpc) is 3.12. The summed E-state index contributed by atoms with van der Waals surface area (Å²) in [6.07, 6.45) is -2.73. The van der Waals surface area contributed by atoms with E-state index in [0.717, 1.165) is 17.3 Å². The molecule has 0 atom stereocenters. The molecule has 0 saturated carbocycles. The van der Waals surface area contributed by atoms with Crippen LogP contribution in [-0.4, -0.2) is 35.3 Å². The predicted molar refractivity (Wildman–Crippen MR) is 103 cm³/mol. The average molecular weight is 403 g/mol. The van der Waals surface area contributed by atoms with Crippen molar-refractivity contribution in [1.82, 2.24) is 4.90 Å². The quantitative estimate of drug-likeness (QED) is 0.776. The molecular weight excluding hydrogens is 383 g/mol. The van der Waals surface area contributed by atoms with Crippen molar-refractivity contribution in [1.29, 1.82) is 0 Å². The lowest BCUT2D eigenvalue weighted by Crippen LogP contribution is -2.48. The van der Waals surface area contributed by atoms with E-state index in [4.69, 9.17) is 4.84 Å². The highest BCUT2D eigenvalue weighted by Gasteiger charge is 2.43. The Morgan fingerprint density at radius 2 is 1.69 bits per heavy atom. The normalized spacial score (nSPS) is 18.3. The highest BCUT2D eigenvalue weighted by Crippen LogP contribution is 2.37. The zero-order valence-electron chi connectivity index (χ0n) is 15.6. The summed E-state index contributed by atoms with van der Waals surface area (Å²) < 4.78 is 39.4. The van der Waals surface area contributed by atoms with E-state index in [1.54, 1.807) is 0 Å². The van der Waals surface area contributed by atoms with Crippen LogP contribution >= 0.6 is 0 Å². The molecule has 2 aromatic carbocycles. The largest absolute Gasteiger partial charge is 0.418 e. The maximum atomic E-state index is 13.1. The van der Waals surface area contributed by atoms with Gasteiger partial charge in [-0.05, 0) is 17.7 Å². The molecule has 29 heavy (non-hydrogen) atoms. The topological polar surface area (TPSA) is 53.9 Å². The van der Waals surface area contributed by atoms with Gasteiger partial charge in [0.2, 0.25) is 0 Å². The van der Waals surface area contributed by atoms with E-state index < -0.39 is 23.4 Å². The monoisotopic (exact) mass is 403 g/mol. The van der Waals surface area contributed by atoms with E-state index in [1.165, 1.54) is 23.1 Å². The van der Waals surface area contributed by atoms with Crippen LogP contribution in [0, 0.1) is 0 Å². The van der Waals surface area contributed by atoms with E-state index in [-0.39, 0.29) is 5.69 Å². The molecule has 2 heterocycles. The van der Waals surface area contributed by atoms with Gasteiger partial charge in [0, 0.05) is 32.4 Å². The molecule has 0 radical (unpaired) electrons. The summed E-state index contributed by atoms with van der Waals surface area (Å²) in [4.78, 5) is 19.8. The maximum Gasteiger partial charge on any atom is 0.418 e. The predicted octanol–water partition coefficient (Wildman–Crippen LogP) is 4.90. The minimum Gasteiger partial charge on any atom is -0.388 e. The van der Waals surface area contributed by atoms with Crippen LogP contribution in [0.3, 0.4) is 0 Å². The second-order valence-electron chi connectivity index (χ2n) is 7.32. The lowest BCUT2D eigenvalue weighted by atomic mass is 9.85. The Morgan fingerprint density at radius 1 is 1.03 bits per heavy atom. The number of para-hydroxylation sites is 1. The number of likely N-dealkylation sites (tertiary alicyclic amines) is 1. The summed E-state index contributed by atoms with van der Waals surface area (Å²) in [5.41, 5.74) is 0.334. The van der Waals surface area contributed by atoms with Gasteiger partial charge in [-0.1, -0.05) is 47.6 Å². The molecule has 5 nitrogen and oxygen atoms in total. The van der Waals surface area contributed by atoms with Crippen LogP contribution in [0.2, 0.25) is 0 Å². The van der Waals surface area contributed by atoms with E-state index >= 15 is 0 Å². The number of alkyl halides is 3. The van der Waals surface area contributed by atoms with Gasteiger partial charge in [0.05, 0.1) is 17.0 Å². The van der Waals surface area contributed by atoms with Gasteiger partial charge in [0.1, 0.15) is 5.60 Å². The smallest absolute Gasteiger partial charge is 0.388 e. The number of urea groups is 1. The van der Waals surface area contributed by atoms with Crippen LogP contribution in [0.25, 0.3) is 0 Å². The Balaban J connectivity index is 1.37. The molecule has 0 bridgehead atoms. The highest BCUT2D eigenvalue weighted by molar-refractivity contribution is 6.01. The molecule has 2 aromatic rings. The fourth-order valence-corrected chi connectivity index (χ4v) is 3.73. The van der Waals surface area contributed by atoms with Gasteiger partial charge in [0.25, 0.3) is 0 Å². The minimum atomic E-state index is -4.53. The van der Waals surface area contributed by atoms with Crippen LogP contribution in [0.5, 0.6) is 0 Å². The third-order valence-electron chi connectivity index (χ3n) is 5.38. The van der Waals surface area contributed by atoms with Crippen LogP contribution in [0.4, 0.5) is 23.7 Å². The number of rotatable bonds is 2. The summed E-state index contributed by atoms with van der Waals surface area (Å²) in [6.45, 7) is 0.773. The number of hydrogen-bond acceptors (Lipinski definition) is 3. The SMILES string of the molecule is O=C(Nc1ccccc1C(F)(F)F)N1CCC2(CC1)CC(c1ccccc1)=NO2. The van der Waals surface area contributed by atoms with Crippen LogP contribution in [0.15, 0.2) is 59.8 Å². The third-order valence-corrected chi connectivity index (χ3v) is 5.38. The summed E-state index contributed by atoms with van der Waals surface area (Å²) >= 11 is 0. The van der Waals surface area contributed by atoms with E-state index in [2.05, 4.69) is 10.5 Å². The molecule has 2 aliphatic rings. The van der Waals surface area contributed by atoms with Crippen LogP contribution < -0.4 is 5.32 Å². The minimum absolute atomic E-state index is 0.239. The van der Waals surface area contributed by atoms with Crippen LogP contribution in [0.1, 0.15) is 30.4 Å². The maximum absolute atomic E-state index is 13.1. The van der Waals surface area contributed by atoms with Gasteiger partial charge < -0.3 is 15.1 Å². The number of nitrogens with one attached hydrogen (secondary N) is 1. The number of hydrogen-bond donors (Lipinski definition) is 1. The number of amides is 2. The summed E-state index contributed by atoms with van der Waals surface area (Å²) in [5, 5.41) is 6.63. The molecule has 1 N–H and O–H groups in total. The molecule has 0 aliphatic carbocycles. The molecule has 1 fully saturated rings. The molecule has 4 rings (SSSR count). The van der Waals surface area contributed by atoms with E-state index in [0.29, 0.717) is 32.4 Å². The number of carbonyl (C=O) groups is 1. The zero-order chi connectivity index (χ0) is 20.5. The van der Waals surface area contributed by atoms with Crippen LogP contribution in [-0.2, 0) is 11.0 Å². The first kappa shape index (κ1) is 19.3. The number of oxime groups is 1. The lowest BCUT2D eigenvalue weighted by molar-refractivity contribution is -0.136. The number of piperidine rings is 1. The molecule has 152 valence electrons. The number of halogens is 3. The number of carbonyl (C=O) groups excluding carboxylic acids is 1. The van der Waals surface area contributed by atoms with Gasteiger partial charge in [0.15, 0.2) is 0 Å². The van der Waals surface area contributed by atoms with Gasteiger partial charge in [-0.15, -0.1) is 0 Å². The van der Waals surface area contributed by atoms with Crippen molar-refractivity contribution in [3.63, 3.8) is 0 Å². The summed E-state index contributed by atoms with van der Waals surface area (Å²) in [7, 11) is 0. The standard InChI is InChI=1S/C21H20F3N3O2/c22-21(23,24)16-8-4-5-9-17(16)25-19(28)27-12-10-20(11-13-27)14-18(26-29-20)15-6-2-1-3-7-15/h1-9H,10-14H2,(H,25,28). The fourth-order valence-electron chi connectivity index (χ4n) is 3.73. The van der Waals surface area contributed by atoms with Gasteiger partial charge >= 0.3 is 12.2 Å². The molecular formula is C21H20F3N3O2.